The van der Waals surface area contributed by atoms with Gasteiger partial charge in [-0.05, 0) is 37.6 Å². The molecule has 1 aromatic rings. The van der Waals surface area contributed by atoms with Gasteiger partial charge in [-0.25, -0.2) is 13.1 Å². The molecule has 1 heterocycles. The van der Waals surface area contributed by atoms with Gasteiger partial charge in [-0.15, -0.1) is 0 Å². The van der Waals surface area contributed by atoms with E-state index in [-0.39, 0.29) is 16.9 Å². The van der Waals surface area contributed by atoms with Crippen LogP contribution in [0.4, 0.5) is 5.69 Å². The van der Waals surface area contributed by atoms with Crippen LogP contribution in [0.15, 0.2) is 29.2 Å². The molecule has 1 aliphatic heterocycles. The van der Waals surface area contributed by atoms with Crippen molar-refractivity contribution in [3.05, 3.63) is 24.3 Å². The van der Waals surface area contributed by atoms with E-state index in [0.717, 1.165) is 6.42 Å². The molecule has 2 atom stereocenters. The van der Waals surface area contributed by atoms with Gasteiger partial charge in [0, 0.05) is 24.8 Å². The summed E-state index contributed by atoms with van der Waals surface area (Å²) in [7, 11) is -3.45. The Morgan fingerprint density at radius 1 is 1.39 bits per heavy atom. The van der Waals surface area contributed by atoms with Crippen LogP contribution >= 0.6 is 0 Å². The summed E-state index contributed by atoms with van der Waals surface area (Å²) in [5, 5.41) is 0. The van der Waals surface area contributed by atoms with Crippen molar-refractivity contribution in [2.45, 2.75) is 24.3 Å². The van der Waals surface area contributed by atoms with E-state index in [2.05, 4.69) is 4.72 Å². The molecule has 1 saturated heterocycles. The van der Waals surface area contributed by atoms with Crippen LogP contribution in [-0.4, -0.2) is 27.7 Å². The normalized spacial score (nSPS) is 24.3. The molecule has 6 heteroatoms. The number of nitrogen functional groups attached to an aromatic ring is 1. The first kappa shape index (κ1) is 13.3. The molecule has 2 unspecified atom stereocenters. The maximum absolute atomic E-state index is 12.0. The average Bonchev–Trinajstić information content (AvgIpc) is 2.73. The van der Waals surface area contributed by atoms with Crippen molar-refractivity contribution < 1.29 is 13.2 Å². The molecular weight excluding hydrogens is 252 g/mol. The van der Waals surface area contributed by atoms with Gasteiger partial charge in [0.25, 0.3) is 0 Å². The van der Waals surface area contributed by atoms with Gasteiger partial charge in [0.2, 0.25) is 10.0 Å². The number of nitrogens with one attached hydrogen (secondary N) is 1. The highest BCUT2D eigenvalue weighted by Gasteiger charge is 2.26. The lowest BCUT2D eigenvalue weighted by molar-refractivity contribution is 0.107. The van der Waals surface area contributed by atoms with E-state index in [1.54, 1.807) is 12.1 Å². The Morgan fingerprint density at radius 2 is 2.06 bits per heavy atom. The second-order valence-corrected chi connectivity index (χ2v) is 6.31. The molecule has 1 fully saturated rings. The fourth-order valence-electron chi connectivity index (χ4n) is 1.99. The first-order valence-electron chi connectivity index (χ1n) is 5.96. The molecule has 1 aromatic carbocycles. The quantitative estimate of drug-likeness (QED) is 0.799. The SMILES string of the molecule is CC1OCCC1CNS(=O)(=O)c1ccc(N)cc1. The number of benzene rings is 1. The summed E-state index contributed by atoms with van der Waals surface area (Å²) in [4.78, 5) is 0.239. The molecule has 3 N–H and O–H groups in total. The Morgan fingerprint density at radius 3 is 2.61 bits per heavy atom. The number of hydrogen-bond donors (Lipinski definition) is 2. The highest BCUT2D eigenvalue weighted by Crippen LogP contribution is 2.20. The first-order valence-corrected chi connectivity index (χ1v) is 7.44. The molecule has 0 bridgehead atoms. The van der Waals surface area contributed by atoms with Gasteiger partial charge in [-0.1, -0.05) is 0 Å². The van der Waals surface area contributed by atoms with Crippen LogP contribution < -0.4 is 10.5 Å². The minimum Gasteiger partial charge on any atom is -0.399 e. The van der Waals surface area contributed by atoms with Crippen LogP contribution in [0.1, 0.15) is 13.3 Å². The summed E-state index contributed by atoms with van der Waals surface area (Å²) in [5.74, 6) is 0.244. The molecule has 18 heavy (non-hydrogen) atoms. The highest BCUT2D eigenvalue weighted by atomic mass is 32.2. The smallest absolute Gasteiger partial charge is 0.240 e. The van der Waals surface area contributed by atoms with Crippen LogP contribution in [0.25, 0.3) is 0 Å². The molecule has 0 saturated carbocycles. The van der Waals surface area contributed by atoms with E-state index in [1.165, 1.54) is 12.1 Å². The summed E-state index contributed by atoms with van der Waals surface area (Å²) in [6, 6.07) is 6.17. The van der Waals surface area contributed by atoms with Gasteiger partial charge in [-0.3, -0.25) is 0 Å². The van der Waals surface area contributed by atoms with Crippen molar-refractivity contribution in [1.29, 1.82) is 0 Å². The lowest BCUT2D eigenvalue weighted by Crippen LogP contribution is -2.32. The zero-order valence-electron chi connectivity index (χ0n) is 10.3. The Bertz CT molecular complexity index is 499. The van der Waals surface area contributed by atoms with Gasteiger partial charge in [0.05, 0.1) is 11.0 Å². The van der Waals surface area contributed by atoms with Crippen LogP contribution in [0, 0.1) is 5.92 Å². The molecule has 0 aromatic heterocycles. The van der Waals surface area contributed by atoms with E-state index < -0.39 is 10.0 Å². The molecular formula is C12H18N2O3S. The van der Waals surface area contributed by atoms with Gasteiger partial charge >= 0.3 is 0 Å². The van der Waals surface area contributed by atoms with E-state index in [0.29, 0.717) is 18.8 Å². The third-order valence-corrected chi connectivity index (χ3v) is 4.70. The summed E-state index contributed by atoms with van der Waals surface area (Å²) in [6.45, 7) is 3.08. The van der Waals surface area contributed by atoms with Crippen molar-refractivity contribution in [2.24, 2.45) is 5.92 Å². The number of sulfonamides is 1. The topological polar surface area (TPSA) is 81.4 Å². The zero-order valence-corrected chi connectivity index (χ0v) is 11.1. The minimum atomic E-state index is -3.45. The first-order chi connectivity index (χ1) is 8.49. The Labute approximate surface area is 107 Å². The second-order valence-electron chi connectivity index (χ2n) is 4.55. The lowest BCUT2D eigenvalue weighted by atomic mass is 10.0. The molecule has 1 aliphatic rings. The highest BCUT2D eigenvalue weighted by molar-refractivity contribution is 7.89. The average molecular weight is 270 g/mol. The summed E-state index contributed by atoms with van der Waals surface area (Å²) < 4.78 is 32.0. The van der Waals surface area contributed by atoms with Crippen molar-refractivity contribution in [1.82, 2.24) is 4.72 Å². The van der Waals surface area contributed by atoms with Gasteiger partial charge in [0.15, 0.2) is 0 Å². The Hall–Kier alpha value is -1.11. The van der Waals surface area contributed by atoms with E-state index >= 15 is 0 Å². The van der Waals surface area contributed by atoms with Crippen LogP contribution in [0.2, 0.25) is 0 Å². The van der Waals surface area contributed by atoms with Crippen LogP contribution in [0.3, 0.4) is 0 Å². The summed E-state index contributed by atoms with van der Waals surface area (Å²) >= 11 is 0. The number of hydrogen-bond acceptors (Lipinski definition) is 4. The number of nitrogens with two attached hydrogens (primary N) is 1. The third-order valence-electron chi connectivity index (χ3n) is 3.26. The van der Waals surface area contributed by atoms with Crippen molar-refractivity contribution in [2.75, 3.05) is 18.9 Å². The molecule has 100 valence electrons. The van der Waals surface area contributed by atoms with E-state index in [4.69, 9.17) is 10.5 Å². The van der Waals surface area contributed by atoms with E-state index in [9.17, 15) is 8.42 Å². The molecule has 0 radical (unpaired) electrons. The summed E-state index contributed by atoms with van der Waals surface area (Å²) in [5.41, 5.74) is 6.08. The fourth-order valence-corrected chi connectivity index (χ4v) is 3.09. The number of anilines is 1. The second kappa shape index (κ2) is 5.26. The standard InChI is InChI=1S/C12H18N2O3S/c1-9-10(6-7-17-9)8-14-18(15,16)12-4-2-11(13)3-5-12/h2-5,9-10,14H,6-8,13H2,1H3. The predicted molar refractivity (Wildman–Crippen MR) is 69.6 cm³/mol. The molecule has 0 aliphatic carbocycles. The summed E-state index contributed by atoms with van der Waals surface area (Å²) in [6.07, 6.45) is 1.00. The van der Waals surface area contributed by atoms with Crippen molar-refractivity contribution in [3.63, 3.8) is 0 Å². The fraction of sp³-hybridized carbons (Fsp3) is 0.500. The molecule has 2 rings (SSSR count). The van der Waals surface area contributed by atoms with Crippen LogP contribution in [-0.2, 0) is 14.8 Å². The maximum atomic E-state index is 12.0. The Balaban J connectivity index is 2.01. The monoisotopic (exact) mass is 270 g/mol. The molecule has 0 amide bonds. The Kier molecular flexibility index (Phi) is 3.89. The lowest BCUT2D eigenvalue weighted by Gasteiger charge is -2.14. The van der Waals surface area contributed by atoms with Crippen molar-refractivity contribution in [3.8, 4) is 0 Å². The molecule has 5 nitrogen and oxygen atoms in total. The van der Waals surface area contributed by atoms with E-state index in [1.807, 2.05) is 6.92 Å². The maximum Gasteiger partial charge on any atom is 0.240 e. The predicted octanol–water partition coefficient (Wildman–Crippen LogP) is 0.972. The zero-order chi connectivity index (χ0) is 13.2. The number of ether oxygens (including phenoxy) is 1. The van der Waals surface area contributed by atoms with Gasteiger partial charge < -0.3 is 10.5 Å². The van der Waals surface area contributed by atoms with Crippen LogP contribution in [0.5, 0.6) is 0 Å². The van der Waals surface area contributed by atoms with Crippen molar-refractivity contribution >= 4 is 15.7 Å². The van der Waals surface area contributed by atoms with Gasteiger partial charge in [-0.2, -0.15) is 0 Å². The van der Waals surface area contributed by atoms with Gasteiger partial charge in [0.1, 0.15) is 0 Å². The third kappa shape index (κ3) is 3.01. The molecule has 0 spiro atoms. The minimum absolute atomic E-state index is 0.110. The number of rotatable bonds is 4. The largest absolute Gasteiger partial charge is 0.399 e.